The number of carboxylic acid groups (broad SMARTS) is 1. The Balaban J connectivity index is 0.000000230. The van der Waals surface area contributed by atoms with Gasteiger partial charge >= 0.3 is 23.9 Å². The lowest BCUT2D eigenvalue weighted by Crippen LogP contribution is -2.27. The van der Waals surface area contributed by atoms with E-state index in [4.69, 9.17) is 28.8 Å². The zero-order valence-corrected chi connectivity index (χ0v) is 28.8. The third-order valence-electron chi connectivity index (χ3n) is 7.02. The molecule has 5 rings (SSSR count). The number of fused-ring (bicyclic) bond motifs is 2. The summed E-state index contributed by atoms with van der Waals surface area (Å²) in [7, 11) is 2.55. The molecule has 0 saturated heterocycles. The van der Waals surface area contributed by atoms with E-state index in [2.05, 4.69) is 4.74 Å². The minimum atomic E-state index is -1.06. The van der Waals surface area contributed by atoms with Crippen LogP contribution in [-0.2, 0) is 30.4 Å². The number of hydrogen-bond acceptors (Lipinski definition) is 11. The smallest absolute Gasteiger partial charge is 0.344 e. The van der Waals surface area contributed by atoms with Gasteiger partial charge in [-0.15, -0.1) is 0 Å². The van der Waals surface area contributed by atoms with Crippen LogP contribution < -0.4 is 14.2 Å². The van der Waals surface area contributed by atoms with Crippen LogP contribution in [0.3, 0.4) is 0 Å². The largest absolute Gasteiger partial charge is 0.507 e. The maximum atomic E-state index is 12.2. The average Bonchev–Trinajstić information content (AvgIpc) is 3.10. The van der Waals surface area contributed by atoms with Gasteiger partial charge in [-0.05, 0) is 96.4 Å². The minimum absolute atomic E-state index is 0.0642. The Morgan fingerprint density at radius 2 is 1.18 bits per heavy atom. The quantitative estimate of drug-likeness (QED) is 0.111. The van der Waals surface area contributed by atoms with Crippen molar-refractivity contribution in [2.45, 2.75) is 33.0 Å². The van der Waals surface area contributed by atoms with Crippen molar-refractivity contribution in [2.24, 2.45) is 0 Å². The molecule has 51 heavy (non-hydrogen) atoms. The second kappa shape index (κ2) is 16.9. The van der Waals surface area contributed by atoms with Crippen molar-refractivity contribution < 1.29 is 57.8 Å². The molecule has 0 saturated carbocycles. The lowest BCUT2D eigenvalue weighted by atomic mass is 10.1. The molecule has 0 bridgehead atoms. The molecule has 0 aliphatic carbocycles. The van der Waals surface area contributed by atoms with Gasteiger partial charge in [-0.1, -0.05) is 42.5 Å². The van der Waals surface area contributed by atoms with Gasteiger partial charge in [0.05, 0.1) is 14.2 Å². The van der Waals surface area contributed by atoms with Crippen LogP contribution in [0.4, 0.5) is 0 Å². The Kier molecular flexibility index (Phi) is 12.4. The number of phenols is 1. The molecule has 12 heteroatoms. The number of methoxy groups -OCH3 is 2. The molecule has 0 aliphatic heterocycles. The third kappa shape index (κ3) is 10.8. The Bertz CT molecular complexity index is 2030. The summed E-state index contributed by atoms with van der Waals surface area (Å²) in [5, 5.41) is 21.5. The molecule has 0 amide bonds. The fraction of sp³-hybridized carbons (Fsp3) is 0.231. The number of aliphatic carboxylic acids is 1. The second-order valence-electron chi connectivity index (χ2n) is 12.1. The molecular formula is C39H38O12. The molecule has 0 atom stereocenters. The highest BCUT2D eigenvalue weighted by Crippen LogP contribution is 2.31. The summed E-state index contributed by atoms with van der Waals surface area (Å²) < 4.78 is 31.1. The minimum Gasteiger partial charge on any atom is -0.507 e. The summed E-state index contributed by atoms with van der Waals surface area (Å²) in [5.41, 5.74) is 0.757. The van der Waals surface area contributed by atoms with Crippen molar-refractivity contribution in [3.05, 3.63) is 108 Å². The van der Waals surface area contributed by atoms with Gasteiger partial charge in [0.2, 0.25) is 0 Å². The van der Waals surface area contributed by atoms with Crippen molar-refractivity contribution >= 4 is 45.4 Å². The molecule has 0 unspecified atom stereocenters. The van der Waals surface area contributed by atoms with E-state index >= 15 is 0 Å². The molecule has 2 N–H and O–H groups in total. The molecule has 266 valence electrons. The lowest BCUT2D eigenvalue weighted by Gasteiger charge is -2.19. The monoisotopic (exact) mass is 698 g/mol. The molecular weight excluding hydrogens is 660 g/mol. The average molecular weight is 699 g/mol. The summed E-state index contributed by atoms with van der Waals surface area (Å²) in [6.07, 6.45) is 0. The number of carbonyl (C=O) groups is 4. The first-order valence-corrected chi connectivity index (χ1v) is 15.6. The van der Waals surface area contributed by atoms with Gasteiger partial charge in [0.15, 0.2) is 13.2 Å². The van der Waals surface area contributed by atoms with Crippen LogP contribution in [0, 0.1) is 0 Å². The molecule has 0 heterocycles. The van der Waals surface area contributed by atoms with Crippen molar-refractivity contribution in [1.29, 1.82) is 0 Å². The molecule has 0 aliphatic rings. The van der Waals surface area contributed by atoms with Gasteiger partial charge < -0.3 is 38.6 Å². The Morgan fingerprint density at radius 1 is 0.627 bits per heavy atom. The lowest BCUT2D eigenvalue weighted by molar-refractivity contribution is -0.157. The van der Waals surface area contributed by atoms with Crippen LogP contribution in [0.5, 0.6) is 23.0 Å². The number of esters is 3. The fourth-order valence-electron chi connectivity index (χ4n) is 4.75. The van der Waals surface area contributed by atoms with Crippen molar-refractivity contribution in [3.8, 4) is 23.0 Å². The van der Waals surface area contributed by atoms with E-state index in [1.165, 1.54) is 26.4 Å². The van der Waals surface area contributed by atoms with Gasteiger partial charge in [0.25, 0.3) is 0 Å². The number of carbonyl (C=O) groups excluding carboxylic acids is 3. The highest BCUT2D eigenvalue weighted by Gasteiger charge is 2.18. The predicted octanol–water partition coefficient (Wildman–Crippen LogP) is 6.72. The van der Waals surface area contributed by atoms with Crippen molar-refractivity contribution in [1.82, 2.24) is 0 Å². The second-order valence-corrected chi connectivity index (χ2v) is 12.1. The molecule has 5 aromatic rings. The van der Waals surface area contributed by atoms with E-state index in [9.17, 15) is 24.3 Å². The standard InChI is InChI=1S/C21H18O6.C18H20O6/c1-25-21(24)18-10-16-9-17(26-13-20(22)23)8-7-15(16)11-19(18)27-12-14-5-3-2-4-6-14;1-18(2,3)24-16(20)10-23-13-6-5-11-9-15(19)14(17(21)22-4)8-12(11)7-13/h2-11H,12-13H2,1H3,(H,22,23);5-9,19H,10H2,1-4H3. The summed E-state index contributed by atoms with van der Waals surface area (Å²) in [5.74, 6) is -1.56. The fourth-order valence-corrected chi connectivity index (χ4v) is 4.75. The first kappa shape index (κ1) is 37.5. The van der Waals surface area contributed by atoms with E-state index in [1.807, 2.05) is 30.3 Å². The molecule has 0 fully saturated rings. The van der Waals surface area contributed by atoms with Crippen LogP contribution >= 0.6 is 0 Å². The van der Waals surface area contributed by atoms with E-state index in [1.54, 1.807) is 69.3 Å². The zero-order chi connectivity index (χ0) is 37.1. The first-order chi connectivity index (χ1) is 24.3. The van der Waals surface area contributed by atoms with Crippen LogP contribution in [-0.4, -0.2) is 67.1 Å². The third-order valence-corrected chi connectivity index (χ3v) is 7.02. The number of aromatic hydroxyl groups is 1. The Labute approximate surface area is 294 Å². The van der Waals surface area contributed by atoms with Crippen molar-refractivity contribution in [3.63, 3.8) is 0 Å². The normalized spacial score (nSPS) is 10.8. The van der Waals surface area contributed by atoms with Gasteiger partial charge in [-0.2, -0.15) is 0 Å². The maximum Gasteiger partial charge on any atom is 0.344 e. The Morgan fingerprint density at radius 3 is 1.75 bits per heavy atom. The Hall–Kier alpha value is -6.30. The number of rotatable bonds is 11. The predicted molar refractivity (Wildman–Crippen MR) is 187 cm³/mol. The molecule has 12 nitrogen and oxygen atoms in total. The summed E-state index contributed by atoms with van der Waals surface area (Å²) in [6, 6.07) is 26.2. The summed E-state index contributed by atoms with van der Waals surface area (Å²) in [4.78, 5) is 46.1. The molecule has 0 aromatic heterocycles. The van der Waals surface area contributed by atoms with Crippen LogP contribution in [0.2, 0.25) is 0 Å². The van der Waals surface area contributed by atoms with Crippen LogP contribution in [0.1, 0.15) is 47.1 Å². The van der Waals surface area contributed by atoms with E-state index in [0.29, 0.717) is 34.6 Å². The number of phenolic OH excluding ortho intramolecular Hbond substituents is 1. The van der Waals surface area contributed by atoms with Crippen LogP contribution in [0.15, 0.2) is 91.0 Å². The van der Waals surface area contributed by atoms with Gasteiger partial charge in [-0.3, -0.25) is 0 Å². The zero-order valence-electron chi connectivity index (χ0n) is 28.8. The first-order valence-electron chi connectivity index (χ1n) is 15.6. The van der Waals surface area contributed by atoms with Gasteiger partial charge in [-0.25, -0.2) is 19.2 Å². The number of hydrogen-bond donors (Lipinski definition) is 2. The highest BCUT2D eigenvalue weighted by molar-refractivity contribution is 6.00. The maximum absolute atomic E-state index is 12.2. The topological polar surface area (TPSA) is 164 Å². The summed E-state index contributed by atoms with van der Waals surface area (Å²) >= 11 is 0. The number of carboxylic acids is 1. The summed E-state index contributed by atoms with van der Waals surface area (Å²) in [6.45, 7) is 5.00. The molecule has 5 aromatic carbocycles. The van der Waals surface area contributed by atoms with E-state index in [0.717, 1.165) is 16.3 Å². The number of ether oxygens (including phenoxy) is 6. The molecule has 0 radical (unpaired) electrons. The van der Waals surface area contributed by atoms with E-state index < -0.39 is 36.1 Å². The van der Waals surface area contributed by atoms with Crippen molar-refractivity contribution in [2.75, 3.05) is 27.4 Å². The number of benzene rings is 5. The van der Waals surface area contributed by atoms with Crippen LogP contribution in [0.25, 0.3) is 21.5 Å². The van der Waals surface area contributed by atoms with Gasteiger partial charge in [0.1, 0.15) is 46.3 Å². The van der Waals surface area contributed by atoms with Gasteiger partial charge in [0, 0.05) is 0 Å². The SMILES string of the molecule is COC(=O)c1cc2cc(OCC(=O)O)ccc2cc1OCc1ccccc1.COC(=O)c1cc2cc(OCC(=O)OC(C)(C)C)ccc2cc1O. The highest BCUT2D eigenvalue weighted by atomic mass is 16.6. The molecule has 0 spiro atoms. The van der Waals surface area contributed by atoms with E-state index in [-0.39, 0.29) is 23.5 Å².